The normalized spacial score (nSPS) is 11.7. The fourth-order valence-electron chi connectivity index (χ4n) is 2.95. The Balaban J connectivity index is 1.92. The van der Waals surface area contributed by atoms with Gasteiger partial charge in [-0.25, -0.2) is 4.79 Å². The van der Waals surface area contributed by atoms with Crippen molar-refractivity contribution in [2.45, 2.75) is 13.8 Å². The molecule has 1 N–H and O–H groups in total. The topological polar surface area (TPSA) is 150 Å². The molecular weight excluding hydrogens is 480 g/mol. The van der Waals surface area contributed by atoms with Crippen molar-refractivity contribution in [3.63, 3.8) is 0 Å². The summed E-state index contributed by atoms with van der Waals surface area (Å²) in [6, 6.07) is 13.5. The van der Waals surface area contributed by atoms with Crippen molar-refractivity contribution in [3.8, 4) is 11.3 Å². The van der Waals surface area contributed by atoms with Crippen molar-refractivity contribution in [2.24, 2.45) is 5.10 Å². The Bertz CT molecular complexity index is 1330. The number of carbonyl (C=O) groups excluding carboxylic acids is 1. The van der Waals surface area contributed by atoms with E-state index in [-0.39, 0.29) is 23.6 Å². The van der Waals surface area contributed by atoms with Crippen LogP contribution in [-0.4, -0.2) is 28.1 Å². The summed E-state index contributed by atoms with van der Waals surface area (Å²) in [5, 5.41) is 26.9. The molecule has 1 aromatic heterocycles. The van der Waals surface area contributed by atoms with E-state index in [1.165, 1.54) is 13.0 Å². The van der Waals surface area contributed by atoms with Crippen LogP contribution in [0, 0.1) is 20.2 Å². The number of nitro groups is 2. The number of hydrazone groups is 1. The van der Waals surface area contributed by atoms with Crippen molar-refractivity contribution in [1.82, 2.24) is 0 Å². The summed E-state index contributed by atoms with van der Waals surface area (Å²) in [6.45, 7) is 3.25. The van der Waals surface area contributed by atoms with Crippen LogP contribution >= 0.6 is 11.6 Å². The maximum atomic E-state index is 12.6. The number of ether oxygens (including phenoxy) is 1. The lowest BCUT2D eigenvalue weighted by molar-refractivity contribution is -0.393. The number of furan rings is 1. The maximum absolute atomic E-state index is 12.6. The Hall–Kier alpha value is -4.51. The lowest BCUT2D eigenvalue weighted by atomic mass is 10.1. The highest BCUT2D eigenvalue weighted by molar-refractivity contribution is 6.30. The second-order valence-corrected chi connectivity index (χ2v) is 7.45. The Morgan fingerprint density at radius 1 is 1.11 bits per heavy atom. The third kappa shape index (κ3) is 6.30. The zero-order valence-electron chi connectivity index (χ0n) is 18.6. The molecule has 0 saturated carbocycles. The molecule has 0 fully saturated rings. The van der Waals surface area contributed by atoms with Gasteiger partial charge in [-0.1, -0.05) is 11.6 Å². The molecule has 0 aliphatic heterocycles. The molecule has 0 saturated heterocycles. The maximum Gasteiger partial charge on any atom is 0.340 e. The molecular formula is C23H19ClN4O7. The molecule has 35 heavy (non-hydrogen) atoms. The minimum atomic E-state index is -0.774. The van der Waals surface area contributed by atoms with Crippen LogP contribution in [0.5, 0.6) is 0 Å². The molecule has 0 aliphatic rings. The van der Waals surface area contributed by atoms with Crippen molar-refractivity contribution in [1.29, 1.82) is 0 Å². The third-order valence-corrected chi connectivity index (χ3v) is 4.91. The lowest BCUT2D eigenvalue weighted by Crippen LogP contribution is -2.15. The van der Waals surface area contributed by atoms with Crippen LogP contribution in [-0.2, 0) is 9.53 Å². The van der Waals surface area contributed by atoms with Gasteiger partial charge in [0.05, 0.1) is 33.8 Å². The van der Waals surface area contributed by atoms with E-state index in [2.05, 4.69) is 10.5 Å². The van der Waals surface area contributed by atoms with Crippen molar-refractivity contribution in [2.75, 3.05) is 12.0 Å². The minimum absolute atomic E-state index is 0.0425. The van der Waals surface area contributed by atoms with Gasteiger partial charge in [0, 0.05) is 16.7 Å². The van der Waals surface area contributed by atoms with Crippen molar-refractivity contribution in [3.05, 3.63) is 91.2 Å². The highest BCUT2D eigenvalue weighted by atomic mass is 35.5. The summed E-state index contributed by atoms with van der Waals surface area (Å²) in [6.07, 6.45) is 1.43. The number of nitro benzene ring substituents is 2. The largest absolute Gasteiger partial charge is 0.462 e. The van der Waals surface area contributed by atoms with Gasteiger partial charge >= 0.3 is 11.7 Å². The highest BCUT2D eigenvalue weighted by Gasteiger charge is 2.20. The number of esters is 1. The van der Waals surface area contributed by atoms with Gasteiger partial charge in [-0.05, 0) is 62.4 Å². The zero-order chi connectivity index (χ0) is 25.5. The Morgan fingerprint density at radius 3 is 2.46 bits per heavy atom. The van der Waals surface area contributed by atoms with Crippen LogP contribution in [0.1, 0.15) is 19.6 Å². The van der Waals surface area contributed by atoms with Crippen molar-refractivity contribution >= 4 is 46.4 Å². The molecule has 0 unspecified atom stereocenters. The van der Waals surface area contributed by atoms with Gasteiger partial charge in [0.2, 0.25) is 0 Å². The molecule has 0 amide bonds. The van der Waals surface area contributed by atoms with E-state index in [0.29, 0.717) is 16.5 Å². The highest BCUT2D eigenvalue weighted by Crippen LogP contribution is 2.29. The number of anilines is 1. The van der Waals surface area contributed by atoms with Gasteiger partial charge in [0.15, 0.2) is 0 Å². The molecule has 0 bridgehead atoms. The first-order chi connectivity index (χ1) is 16.7. The van der Waals surface area contributed by atoms with Crippen LogP contribution in [0.25, 0.3) is 17.4 Å². The molecule has 0 radical (unpaired) electrons. The first-order valence-electron chi connectivity index (χ1n) is 10.2. The van der Waals surface area contributed by atoms with Crippen LogP contribution in [0.2, 0.25) is 5.02 Å². The fourth-order valence-corrected chi connectivity index (χ4v) is 3.07. The number of carbonyl (C=O) groups is 1. The molecule has 12 heteroatoms. The first-order valence-corrected chi connectivity index (χ1v) is 10.6. The van der Waals surface area contributed by atoms with E-state index in [1.54, 1.807) is 43.3 Å². The van der Waals surface area contributed by atoms with Crippen LogP contribution in [0.3, 0.4) is 0 Å². The molecule has 0 atom stereocenters. The molecule has 1 heterocycles. The Kier molecular flexibility index (Phi) is 7.95. The average molecular weight is 499 g/mol. The lowest BCUT2D eigenvalue weighted by Gasteiger charge is -2.08. The number of nitrogens with zero attached hydrogens (tertiary/aromatic N) is 3. The van der Waals surface area contributed by atoms with E-state index in [1.807, 2.05) is 0 Å². The van der Waals surface area contributed by atoms with E-state index in [4.69, 9.17) is 20.8 Å². The first kappa shape index (κ1) is 25.1. The summed E-state index contributed by atoms with van der Waals surface area (Å²) < 4.78 is 10.9. The third-order valence-electron chi connectivity index (χ3n) is 4.66. The molecule has 2 aromatic carbocycles. The SMILES string of the molecule is CCOC(=O)C(=C/c1ccc(-c2ccc(Cl)cc2)o1)/C(C)=N\Nc1ccc([N+](=O)[O-])cc1[N+](=O)[O-]. The molecule has 3 rings (SSSR count). The van der Waals surface area contributed by atoms with E-state index < -0.39 is 27.2 Å². The number of non-ortho nitro benzene ring substituents is 1. The molecule has 11 nitrogen and oxygen atoms in total. The summed E-state index contributed by atoms with van der Waals surface area (Å²) in [5.41, 5.74) is 2.38. The standard InChI is InChI=1S/C23H19ClN4O7/c1-3-34-23(29)19(13-18-9-11-22(35-18)15-4-6-16(24)7-5-15)14(2)25-26-20-10-8-17(27(30)31)12-21(20)28(32)33/h4-13,26H,3H2,1-2H3/b19-13+,25-14-. The second-order valence-electron chi connectivity index (χ2n) is 7.01. The summed E-state index contributed by atoms with van der Waals surface area (Å²) in [4.78, 5) is 33.3. The van der Waals surface area contributed by atoms with Crippen LogP contribution in [0.15, 0.2) is 69.7 Å². The number of rotatable bonds is 9. The molecule has 0 aliphatic carbocycles. The summed E-state index contributed by atoms with van der Waals surface area (Å²) in [7, 11) is 0. The molecule has 0 spiro atoms. The molecule has 180 valence electrons. The van der Waals surface area contributed by atoms with Crippen LogP contribution < -0.4 is 5.43 Å². The van der Waals surface area contributed by atoms with Gasteiger partial charge < -0.3 is 9.15 Å². The van der Waals surface area contributed by atoms with Gasteiger partial charge in [-0.2, -0.15) is 5.10 Å². The van der Waals surface area contributed by atoms with Gasteiger partial charge in [0.25, 0.3) is 5.69 Å². The fraction of sp³-hybridized carbons (Fsp3) is 0.130. The quantitative estimate of drug-likeness (QED) is 0.127. The van der Waals surface area contributed by atoms with Crippen molar-refractivity contribution < 1.29 is 23.8 Å². The number of hydrogen-bond acceptors (Lipinski definition) is 9. The monoisotopic (exact) mass is 498 g/mol. The summed E-state index contributed by atoms with van der Waals surface area (Å²) >= 11 is 5.92. The van der Waals surface area contributed by atoms with Gasteiger partial charge in [-0.15, -0.1) is 0 Å². The Morgan fingerprint density at radius 2 is 1.83 bits per heavy atom. The number of halogens is 1. The van der Waals surface area contributed by atoms with Gasteiger partial charge in [-0.3, -0.25) is 25.7 Å². The predicted octanol–water partition coefficient (Wildman–Crippen LogP) is 5.85. The number of hydrogen-bond donors (Lipinski definition) is 1. The number of benzene rings is 2. The van der Waals surface area contributed by atoms with E-state index in [0.717, 1.165) is 23.8 Å². The van der Waals surface area contributed by atoms with Crippen LogP contribution in [0.4, 0.5) is 17.1 Å². The number of nitrogens with one attached hydrogen (secondary N) is 1. The predicted molar refractivity (Wildman–Crippen MR) is 130 cm³/mol. The van der Waals surface area contributed by atoms with Gasteiger partial charge in [0.1, 0.15) is 17.2 Å². The second kappa shape index (κ2) is 11.1. The molecule has 3 aromatic rings. The smallest absolute Gasteiger partial charge is 0.340 e. The Labute approximate surface area is 204 Å². The average Bonchev–Trinajstić information content (AvgIpc) is 3.30. The summed E-state index contributed by atoms with van der Waals surface area (Å²) in [5.74, 6) is 0.206. The van der Waals surface area contributed by atoms with E-state index in [9.17, 15) is 25.0 Å². The minimum Gasteiger partial charge on any atom is -0.462 e. The van der Waals surface area contributed by atoms with E-state index >= 15 is 0 Å². The zero-order valence-corrected chi connectivity index (χ0v) is 19.3.